The lowest BCUT2D eigenvalue weighted by atomic mass is 9.96. The molecule has 34 heavy (non-hydrogen) atoms. The number of nitrogens with zero attached hydrogens (tertiary/aromatic N) is 1. The number of carboxylic acids is 1. The minimum atomic E-state index is -0.846. The van der Waals surface area contributed by atoms with Crippen molar-refractivity contribution in [1.29, 1.82) is 0 Å². The Bertz CT molecular complexity index is 1010. The molecule has 0 spiro atoms. The first kappa shape index (κ1) is 23.8. The first-order chi connectivity index (χ1) is 16.5. The Morgan fingerprint density at radius 3 is 2.35 bits per heavy atom. The molecule has 1 aliphatic heterocycles. The minimum Gasteiger partial charge on any atom is -0.481 e. The fraction of sp³-hybridized carbons (Fsp3) is 0.444. The molecule has 1 heterocycles. The molecule has 1 aliphatic carbocycles. The average Bonchev–Trinajstić information content (AvgIpc) is 3.18. The molecular weight excluding hydrogens is 432 g/mol. The number of hydrogen-bond acceptors (Lipinski definition) is 4. The Hall–Kier alpha value is -3.35. The van der Waals surface area contributed by atoms with E-state index in [1.807, 2.05) is 31.2 Å². The van der Waals surface area contributed by atoms with Crippen molar-refractivity contribution in [2.24, 2.45) is 11.8 Å². The molecule has 2 aromatic carbocycles. The van der Waals surface area contributed by atoms with E-state index in [9.17, 15) is 19.5 Å². The molecule has 0 saturated carbocycles. The number of carbonyl (C=O) groups excluding carboxylic acids is 2. The Labute approximate surface area is 200 Å². The van der Waals surface area contributed by atoms with Crippen LogP contribution >= 0.6 is 0 Å². The van der Waals surface area contributed by atoms with Crippen molar-refractivity contribution in [1.82, 2.24) is 10.2 Å². The summed E-state index contributed by atoms with van der Waals surface area (Å²) >= 11 is 0. The molecule has 0 aromatic heterocycles. The van der Waals surface area contributed by atoms with Crippen LogP contribution in [0.15, 0.2) is 48.5 Å². The van der Waals surface area contributed by atoms with Crippen LogP contribution in [0.1, 0.15) is 49.7 Å². The monoisotopic (exact) mass is 464 g/mol. The fourth-order valence-corrected chi connectivity index (χ4v) is 5.02. The lowest BCUT2D eigenvalue weighted by Crippen LogP contribution is -2.43. The number of fused-ring (bicyclic) bond motifs is 3. The van der Waals surface area contributed by atoms with Gasteiger partial charge in [-0.05, 0) is 41.0 Å². The van der Waals surface area contributed by atoms with Crippen LogP contribution < -0.4 is 5.32 Å². The minimum absolute atomic E-state index is 0.00276. The van der Waals surface area contributed by atoms with Crippen LogP contribution in [0, 0.1) is 11.8 Å². The number of nitrogens with one attached hydrogen (secondary N) is 1. The van der Waals surface area contributed by atoms with Gasteiger partial charge in [-0.15, -0.1) is 0 Å². The third-order valence-corrected chi connectivity index (χ3v) is 7.04. The highest BCUT2D eigenvalue weighted by Gasteiger charge is 2.30. The highest BCUT2D eigenvalue weighted by Crippen LogP contribution is 2.44. The van der Waals surface area contributed by atoms with Crippen LogP contribution in [0.2, 0.25) is 0 Å². The van der Waals surface area contributed by atoms with Crippen LogP contribution in [0.3, 0.4) is 0 Å². The number of alkyl carbamates (subject to hydrolysis) is 1. The predicted octanol–water partition coefficient (Wildman–Crippen LogP) is 4.26. The molecule has 2 N–H and O–H groups in total. The number of piperidine rings is 1. The summed E-state index contributed by atoms with van der Waals surface area (Å²) in [5, 5.41) is 12.1. The van der Waals surface area contributed by atoms with E-state index in [0.717, 1.165) is 17.5 Å². The second kappa shape index (κ2) is 10.7. The molecule has 2 amide bonds. The second-order valence-corrected chi connectivity index (χ2v) is 9.20. The van der Waals surface area contributed by atoms with Crippen molar-refractivity contribution in [3.8, 4) is 11.1 Å². The summed E-state index contributed by atoms with van der Waals surface area (Å²) in [5.41, 5.74) is 4.68. The number of ether oxygens (including phenoxy) is 1. The van der Waals surface area contributed by atoms with E-state index in [1.165, 1.54) is 11.1 Å². The van der Waals surface area contributed by atoms with Crippen molar-refractivity contribution in [2.45, 2.75) is 38.5 Å². The molecule has 7 heteroatoms. The van der Waals surface area contributed by atoms with Crippen molar-refractivity contribution in [3.05, 3.63) is 59.7 Å². The number of likely N-dealkylation sites (tertiary alicyclic amines) is 1. The van der Waals surface area contributed by atoms with Crippen LogP contribution in [-0.2, 0) is 14.3 Å². The molecule has 1 fully saturated rings. The number of aliphatic carboxylic acids is 1. The van der Waals surface area contributed by atoms with Gasteiger partial charge in [-0.3, -0.25) is 9.59 Å². The summed E-state index contributed by atoms with van der Waals surface area (Å²) in [6, 6.07) is 16.4. The molecular formula is C27H32N2O5. The number of carboxylic acid groups (broad SMARTS) is 1. The van der Waals surface area contributed by atoms with E-state index >= 15 is 0 Å². The highest BCUT2D eigenvalue weighted by atomic mass is 16.5. The zero-order valence-corrected chi connectivity index (χ0v) is 19.5. The second-order valence-electron chi connectivity index (χ2n) is 9.20. The number of carbonyl (C=O) groups is 3. The van der Waals surface area contributed by atoms with Gasteiger partial charge in [0, 0.05) is 32.0 Å². The van der Waals surface area contributed by atoms with Gasteiger partial charge < -0.3 is 20.1 Å². The first-order valence-electron chi connectivity index (χ1n) is 12.1. The van der Waals surface area contributed by atoms with E-state index in [1.54, 1.807) is 4.90 Å². The van der Waals surface area contributed by atoms with Crippen molar-refractivity contribution >= 4 is 18.0 Å². The van der Waals surface area contributed by atoms with E-state index in [2.05, 4.69) is 29.6 Å². The number of amides is 2. The van der Waals surface area contributed by atoms with Gasteiger partial charge in [0.1, 0.15) is 6.61 Å². The van der Waals surface area contributed by atoms with Crippen LogP contribution in [0.25, 0.3) is 11.1 Å². The van der Waals surface area contributed by atoms with E-state index < -0.39 is 18.0 Å². The van der Waals surface area contributed by atoms with Crippen LogP contribution in [0.4, 0.5) is 4.79 Å². The summed E-state index contributed by atoms with van der Waals surface area (Å²) in [6.07, 6.45) is 1.84. The first-order valence-corrected chi connectivity index (χ1v) is 12.1. The fourth-order valence-electron chi connectivity index (χ4n) is 5.02. The normalized spacial score (nSPS) is 18.0. The average molecular weight is 465 g/mol. The molecule has 0 bridgehead atoms. The quantitative estimate of drug-likeness (QED) is 0.608. The van der Waals surface area contributed by atoms with Gasteiger partial charge in [0.15, 0.2) is 0 Å². The Morgan fingerprint density at radius 1 is 1.09 bits per heavy atom. The third-order valence-electron chi connectivity index (χ3n) is 7.04. The largest absolute Gasteiger partial charge is 0.481 e. The van der Waals surface area contributed by atoms with Crippen LogP contribution in [-0.4, -0.2) is 54.2 Å². The molecule has 2 aliphatic rings. The smallest absolute Gasteiger partial charge is 0.407 e. The van der Waals surface area contributed by atoms with E-state index in [4.69, 9.17) is 4.74 Å². The highest BCUT2D eigenvalue weighted by molar-refractivity contribution is 5.79. The van der Waals surface area contributed by atoms with Gasteiger partial charge >= 0.3 is 12.1 Å². The molecule has 180 valence electrons. The maximum Gasteiger partial charge on any atom is 0.407 e. The lowest BCUT2D eigenvalue weighted by Gasteiger charge is -2.31. The van der Waals surface area contributed by atoms with Crippen molar-refractivity contribution in [2.75, 3.05) is 26.2 Å². The molecule has 0 radical (unpaired) electrons. The molecule has 2 atom stereocenters. The van der Waals surface area contributed by atoms with Crippen molar-refractivity contribution in [3.63, 3.8) is 0 Å². The van der Waals surface area contributed by atoms with Gasteiger partial charge in [-0.25, -0.2) is 4.79 Å². The standard InChI is InChI=1S/C27H32N2O5/c1-2-18(14-25(30)29-13-7-8-19(16-29)26(31)32)15-28-27(33)34-17-24-22-11-5-3-9-20(22)21-10-4-6-12-23(21)24/h3-6,9-12,18-19,24H,2,7-8,13-17H2,1H3,(H,28,33)(H,31,32)/t18?,19-/m1/s1. The van der Waals surface area contributed by atoms with Gasteiger partial charge in [-0.2, -0.15) is 0 Å². The van der Waals surface area contributed by atoms with E-state index in [-0.39, 0.29) is 37.3 Å². The summed E-state index contributed by atoms with van der Waals surface area (Å²) in [7, 11) is 0. The number of benzene rings is 2. The van der Waals surface area contributed by atoms with Gasteiger partial charge in [0.2, 0.25) is 5.91 Å². The van der Waals surface area contributed by atoms with Gasteiger partial charge in [0.25, 0.3) is 0 Å². The van der Waals surface area contributed by atoms with E-state index in [0.29, 0.717) is 25.9 Å². The molecule has 4 rings (SSSR count). The van der Waals surface area contributed by atoms with Gasteiger partial charge in [0.05, 0.1) is 5.92 Å². The van der Waals surface area contributed by atoms with Crippen LogP contribution in [0.5, 0.6) is 0 Å². The third kappa shape index (κ3) is 5.24. The summed E-state index contributed by atoms with van der Waals surface area (Å²) in [5.74, 6) is -1.41. The van der Waals surface area contributed by atoms with Gasteiger partial charge in [-0.1, -0.05) is 61.9 Å². The molecule has 2 aromatic rings. The SMILES string of the molecule is CCC(CNC(=O)OCC1c2ccccc2-c2ccccc21)CC(=O)N1CCC[C@@H](C(=O)O)C1. The Kier molecular flexibility index (Phi) is 7.50. The Balaban J connectivity index is 1.27. The predicted molar refractivity (Wildman–Crippen MR) is 128 cm³/mol. The summed E-state index contributed by atoms with van der Waals surface area (Å²) in [6.45, 7) is 3.44. The number of rotatable bonds is 8. The Morgan fingerprint density at radius 2 is 1.74 bits per heavy atom. The zero-order chi connectivity index (χ0) is 24.1. The molecule has 7 nitrogen and oxygen atoms in total. The molecule has 1 saturated heterocycles. The zero-order valence-electron chi connectivity index (χ0n) is 19.5. The maximum atomic E-state index is 12.7. The summed E-state index contributed by atoms with van der Waals surface area (Å²) in [4.78, 5) is 38.1. The van der Waals surface area contributed by atoms with Crippen molar-refractivity contribution < 1.29 is 24.2 Å². The summed E-state index contributed by atoms with van der Waals surface area (Å²) < 4.78 is 5.59. The topological polar surface area (TPSA) is 95.9 Å². The maximum absolute atomic E-state index is 12.7. The number of hydrogen-bond donors (Lipinski definition) is 2. The lowest BCUT2D eigenvalue weighted by molar-refractivity contribution is -0.145. The molecule has 1 unspecified atom stereocenters.